The van der Waals surface area contributed by atoms with E-state index in [2.05, 4.69) is 10.6 Å². The Balaban J connectivity index is 1.65. The van der Waals surface area contributed by atoms with Gasteiger partial charge in [-0.25, -0.2) is 0 Å². The van der Waals surface area contributed by atoms with Gasteiger partial charge in [-0.1, -0.05) is 31.7 Å². The summed E-state index contributed by atoms with van der Waals surface area (Å²) < 4.78 is 5.37. The zero-order valence-corrected chi connectivity index (χ0v) is 16.0. The lowest BCUT2D eigenvalue weighted by Gasteiger charge is -2.27. The van der Waals surface area contributed by atoms with Crippen molar-refractivity contribution in [2.45, 2.75) is 63.5 Å². The molecule has 3 unspecified atom stereocenters. The molecule has 1 aliphatic heterocycles. The number of carbonyl (C=O) groups is 3. The topological polar surface area (TPSA) is 105 Å². The van der Waals surface area contributed by atoms with Crippen molar-refractivity contribution in [3.63, 3.8) is 0 Å². The number of carbonyl (C=O) groups excluding carboxylic acids is 2. The minimum absolute atomic E-state index is 0.207. The number of amides is 2. The molecule has 1 aromatic carbocycles. The van der Waals surface area contributed by atoms with Crippen LogP contribution in [-0.2, 0) is 14.3 Å². The SMILES string of the molecule is O=C(NC1CCCCCCC1C(=O)O)c1cccc(NC(=O)C2CCCO2)c1. The predicted octanol–water partition coefficient (Wildman–Crippen LogP) is 2.96. The third-order valence-corrected chi connectivity index (χ3v) is 5.51. The van der Waals surface area contributed by atoms with E-state index in [-0.39, 0.29) is 17.9 Å². The maximum absolute atomic E-state index is 12.7. The Morgan fingerprint density at radius 2 is 1.79 bits per heavy atom. The molecule has 7 heteroatoms. The lowest BCUT2D eigenvalue weighted by atomic mass is 9.86. The van der Waals surface area contributed by atoms with E-state index in [9.17, 15) is 19.5 Å². The van der Waals surface area contributed by atoms with Gasteiger partial charge in [-0.05, 0) is 43.9 Å². The lowest BCUT2D eigenvalue weighted by molar-refractivity contribution is -0.143. The molecule has 152 valence electrons. The van der Waals surface area contributed by atoms with Crippen molar-refractivity contribution in [3.05, 3.63) is 29.8 Å². The quantitative estimate of drug-likeness (QED) is 0.719. The smallest absolute Gasteiger partial charge is 0.308 e. The van der Waals surface area contributed by atoms with Gasteiger partial charge >= 0.3 is 5.97 Å². The molecule has 0 radical (unpaired) electrons. The van der Waals surface area contributed by atoms with Crippen molar-refractivity contribution in [1.29, 1.82) is 0 Å². The minimum Gasteiger partial charge on any atom is -0.481 e. The Bertz CT molecular complexity index is 715. The number of carboxylic acid groups (broad SMARTS) is 1. The van der Waals surface area contributed by atoms with E-state index in [4.69, 9.17) is 4.74 Å². The molecule has 3 N–H and O–H groups in total. The number of nitrogens with one attached hydrogen (secondary N) is 2. The minimum atomic E-state index is -0.857. The summed E-state index contributed by atoms with van der Waals surface area (Å²) >= 11 is 0. The molecular formula is C21H28N2O5. The standard InChI is InChI=1S/C21H28N2O5/c24-19(23-17-10-4-2-1-3-9-16(17)21(26)27)14-7-5-8-15(13-14)22-20(25)18-11-6-12-28-18/h5,7-8,13,16-18H,1-4,6,9-12H2,(H,22,25)(H,23,24)(H,26,27). The summed E-state index contributed by atoms with van der Waals surface area (Å²) in [5.41, 5.74) is 0.928. The summed E-state index contributed by atoms with van der Waals surface area (Å²) in [6.45, 7) is 0.590. The van der Waals surface area contributed by atoms with E-state index in [1.54, 1.807) is 24.3 Å². The van der Waals surface area contributed by atoms with E-state index < -0.39 is 18.0 Å². The summed E-state index contributed by atoms with van der Waals surface area (Å²) in [6.07, 6.45) is 6.25. The highest BCUT2D eigenvalue weighted by molar-refractivity contribution is 5.98. The van der Waals surface area contributed by atoms with Crippen molar-refractivity contribution in [2.24, 2.45) is 5.92 Å². The molecular weight excluding hydrogens is 360 g/mol. The summed E-state index contributed by atoms with van der Waals surface area (Å²) in [5, 5.41) is 15.2. The van der Waals surface area contributed by atoms with E-state index in [1.807, 2.05) is 0 Å². The monoisotopic (exact) mass is 388 g/mol. The molecule has 0 bridgehead atoms. The normalized spacial score (nSPS) is 25.4. The van der Waals surface area contributed by atoms with Crippen LogP contribution in [0.25, 0.3) is 0 Å². The maximum atomic E-state index is 12.7. The fraction of sp³-hybridized carbons (Fsp3) is 0.571. The van der Waals surface area contributed by atoms with Gasteiger partial charge in [-0.2, -0.15) is 0 Å². The highest BCUT2D eigenvalue weighted by Crippen LogP contribution is 2.24. The van der Waals surface area contributed by atoms with Gasteiger partial charge in [0.1, 0.15) is 6.10 Å². The third-order valence-electron chi connectivity index (χ3n) is 5.51. The van der Waals surface area contributed by atoms with Gasteiger partial charge in [0, 0.05) is 23.9 Å². The molecule has 3 atom stereocenters. The van der Waals surface area contributed by atoms with Gasteiger partial charge < -0.3 is 20.5 Å². The molecule has 2 fully saturated rings. The van der Waals surface area contributed by atoms with Crippen molar-refractivity contribution >= 4 is 23.5 Å². The number of carboxylic acids is 1. The molecule has 3 rings (SSSR count). The van der Waals surface area contributed by atoms with Crippen LogP contribution < -0.4 is 10.6 Å². The van der Waals surface area contributed by atoms with Crippen LogP contribution >= 0.6 is 0 Å². The highest BCUT2D eigenvalue weighted by atomic mass is 16.5. The molecule has 0 aromatic heterocycles. The molecule has 0 spiro atoms. The van der Waals surface area contributed by atoms with Crippen molar-refractivity contribution in [3.8, 4) is 0 Å². The Kier molecular flexibility index (Phi) is 7.03. The van der Waals surface area contributed by atoms with Gasteiger partial charge in [0.15, 0.2) is 0 Å². The average Bonchev–Trinajstić information content (AvgIpc) is 3.18. The van der Waals surface area contributed by atoms with Crippen molar-refractivity contribution in [1.82, 2.24) is 5.32 Å². The van der Waals surface area contributed by atoms with Crippen LogP contribution in [0.4, 0.5) is 5.69 Å². The molecule has 1 saturated heterocycles. The summed E-state index contributed by atoms with van der Waals surface area (Å²) in [4.78, 5) is 36.6. The number of hydrogen-bond acceptors (Lipinski definition) is 4. The number of anilines is 1. The van der Waals surface area contributed by atoms with E-state index in [0.717, 1.165) is 32.1 Å². The van der Waals surface area contributed by atoms with Crippen molar-refractivity contribution in [2.75, 3.05) is 11.9 Å². The summed E-state index contributed by atoms with van der Waals surface area (Å²) in [5.74, 6) is -1.94. The second-order valence-corrected chi connectivity index (χ2v) is 7.59. The van der Waals surface area contributed by atoms with E-state index >= 15 is 0 Å². The van der Waals surface area contributed by atoms with Crippen molar-refractivity contribution < 1.29 is 24.2 Å². The van der Waals surface area contributed by atoms with Gasteiger partial charge in [-0.15, -0.1) is 0 Å². The van der Waals surface area contributed by atoms with Crippen LogP contribution in [0, 0.1) is 5.92 Å². The zero-order valence-electron chi connectivity index (χ0n) is 16.0. The fourth-order valence-corrected chi connectivity index (χ4v) is 3.95. The summed E-state index contributed by atoms with van der Waals surface area (Å²) in [7, 11) is 0. The number of ether oxygens (including phenoxy) is 1. The van der Waals surface area contributed by atoms with Crippen LogP contribution in [0.5, 0.6) is 0 Å². The van der Waals surface area contributed by atoms with Gasteiger partial charge in [0.2, 0.25) is 0 Å². The van der Waals surface area contributed by atoms with Gasteiger partial charge in [-0.3, -0.25) is 14.4 Å². The first-order valence-electron chi connectivity index (χ1n) is 10.1. The second-order valence-electron chi connectivity index (χ2n) is 7.59. The van der Waals surface area contributed by atoms with Crippen LogP contribution in [-0.4, -0.2) is 41.6 Å². The fourth-order valence-electron chi connectivity index (χ4n) is 3.95. The van der Waals surface area contributed by atoms with E-state index in [0.29, 0.717) is 37.1 Å². The molecule has 1 aromatic rings. The molecule has 28 heavy (non-hydrogen) atoms. The van der Waals surface area contributed by atoms with Crippen LogP contribution in [0.2, 0.25) is 0 Å². The number of rotatable bonds is 5. The molecule has 2 amide bonds. The molecule has 1 aliphatic carbocycles. The third kappa shape index (κ3) is 5.32. The highest BCUT2D eigenvalue weighted by Gasteiger charge is 2.30. The van der Waals surface area contributed by atoms with Gasteiger partial charge in [0.25, 0.3) is 11.8 Å². The number of benzene rings is 1. The zero-order chi connectivity index (χ0) is 19.9. The molecule has 7 nitrogen and oxygen atoms in total. The van der Waals surface area contributed by atoms with E-state index in [1.165, 1.54) is 0 Å². The van der Waals surface area contributed by atoms with Gasteiger partial charge in [0.05, 0.1) is 5.92 Å². The number of hydrogen-bond donors (Lipinski definition) is 3. The first kappa shape index (κ1) is 20.3. The first-order chi connectivity index (χ1) is 13.5. The maximum Gasteiger partial charge on any atom is 0.308 e. The van der Waals surface area contributed by atoms with Crippen LogP contribution in [0.1, 0.15) is 61.7 Å². The lowest BCUT2D eigenvalue weighted by Crippen LogP contribution is -2.44. The summed E-state index contributed by atoms with van der Waals surface area (Å²) in [6, 6.07) is 6.32. The average molecular weight is 388 g/mol. The molecule has 2 aliphatic rings. The predicted molar refractivity (Wildman–Crippen MR) is 104 cm³/mol. The first-order valence-corrected chi connectivity index (χ1v) is 10.1. The molecule has 1 saturated carbocycles. The Morgan fingerprint density at radius 3 is 2.50 bits per heavy atom. The second kappa shape index (κ2) is 9.68. The Morgan fingerprint density at radius 1 is 1.00 bits per heavy atom. The Labute approximate surface area is 164 Å². The van der Waals surface area contributed by atoms with Crippen LogP contribution in [0.3, 0.4) is 0 Å². The largest absolute Gasteiger partial charge is 0.481 e. The molecule has 1 heterocycles. The number of aliphatic carboxylic acids is 1. The Hall–Kier alpha value is -2.41. The van der Waals surface area contributed by atoms with Crippen LogP contribution in [0.15, 0.2) is 24.3 Å².